The topological polar surface area (TPSA) is 79.6 Å². The van der Waals surface area contributed by atoms with E-state index < -0.39 is 0 Å². The monoisotopic (exact) mass is 490 g/mol. The highest BCUT2D eigenvalue weighted by molar-refractivity contribution is 6.30. The van der Waals surface area contributed by atoms with Crippen LogP contribution in [0.2, 0.25) is 0 Å². The first-order chi connectivity index (χ1) is 16.7. The molecule has 0 spiro atoms. The Hall–Kier alpha value is -3.66. The van der Waals surface area contributed by atoms with Crippen LogP contribution >= 0.6 is 11.6 Å². The Morgan fingerprint density at radius 3 is 2.51 bits per heavy atom. The van der Waals surface area contributed by atoms with Gasteiger partial charge in [0.15, 0.2) is 0 Å². The van der Waals surface area contributed by atoms with Gasteiger partial charge in [-0.3, -0.25) is 4.79 Å². The fourth-order valence-corrected chi connectivity index (χ4v) is 3.42. The summed E-state index contributed by atoms with van der Waals surface area (Å²) in [6.45, 7) is 7.83. The van der Waals surface area contributed by atoms with Gasteiger partial charge >= 0.3 is 0 Å². The van der Waals surface area contributed by atoms with E-state index in [1.807, 2.05) is 45.3 Å². The molecule has 35 heavy (non-hydrogen) atoms. The van der Waals surface area contributed by atoms with Crippen molar-refractivity contribution in [1.82, 2.24) is 15.5 Å². The van der Waals surface area contributed by atoms with Gasteiger partial charge in [0.25, 0.3) is 5.91 Å². The van der Waals surface area contributed by atoms with Crippen molar-refractivity contribution in [2.45, 2.75) is 19.5 Å². The number of hydrogen-bond donors (Lipinski definition) is 3. The number of nitrogens with zero attached hydrogens (tertiary/aromatic N) is 1. The zero-order valence-electron chi connectivity index (χ0n) is 20.3. The summed E-state index contributed by atoms with van der Waals surface area (Å²) < 4.78 is 5.70. The van der Waals surface area contributed by atoms with Crippen molar-refractivity contribution < 1.29 is 9.53 Å². The molecule has 4 N–H and O–H groups in total. The van der Waals surface area contributed by atoms with Gasteiger partial charge in [-0.1, -0.05) is 42.2 Å². The molecular weight excluding hydrogens is 460 g/mol. The molecule has 0 aliphatic carbocycles. The van der Waals surface area contributed by atoms with Gasteiger partial charge in [0.2, 0.25) is 0 Å². The van der Waals surface area contributed by atoms with Gasteiger partial charge in [-0.15, -0.1) is 0 Å². The zero-order valence-corrected chi connectivity index (χ0v) is 21.1. The number of ether oxygens (including phenoxy) is 1. The van der Waals surface area contributed by atoms with E-state index in [1.54, 1.807) is 30.3 Å². The van der Waals surface area contributed by atoms with Gasteiger partial charge < -0.3 is 26.0 Å². The lowest BCUT2D eigenvalue weighted by Gasteiger charge is -2.12. The van der Waals surface area contributed by atoms with Crippen LogP contribution in [0.5, 0.6) is 5.75 Å². The Labute approximate surface area is 212 Å². The van der Waals surface area contributed by atoms with Crippen molar-refractivity contribution in [1.29, 1.82) is 0 Å². The molecule has 182 valence electrons. The van der Waals surface area contributed by atoms with Crippen molar-refractivity contribution in [3.63, 3.8) is 0 Å². The molecule has 1 atom stereocenters. The summed E-state index contributed by atoms with van der Waals surface area (Å²) in [6.07, 6.45) is 1.77. The number of halogens is 1. The third-order valence-corrected chi connectivity index (χ3v) is 5.79. The van der Waals surface area contributed by atoms with Crippen LogP contribution in [0.1, 0.15) is 28.4 Å². The molecule has 0 saturated carbocycles. The summed E-state index contributed by atoms with van der Waals surface area (Å²) in [5.41, 5.74) is 9.68. The van der Waals surface area contributed by atoms with Crippen molar-refractivity contribution in [2.24, 2.45) is 5.73 Å². The van der Waals surface area contributed by atoms with Crippen LogP contribution in [0.25, 0.3) is 0 Å². The Morgan fingerprint density at radius 2 is 1.86 bits per heavy atom. The van der Waals surface area contributed by atoms with Crippen molar-refractivity contribution in [2.75, 3.05) is 27.2 Å². The van der Waals surface area contributed by atoms with Crippen LogP contribution in [0.4, 0.5) is 0 Å². The Morgan fingerprint density at radius 1 is 1.17 bits per heavy atom. The maximum atomic E-state index is 12.6. The lowest BCUT2D eigenvalue weighted by Crippen LogP contribution is -2.29. The Balaban J connectivity index is 1.56. The molecule has 1 heterocycles. The van der Waals surface area contributed by atoms with Crippen LogP contribution in [-0.4, -0.2) is 44.1 Å². The number of amides is 1. The lowest BCUT2D eigenvalue weighted by atomic mass is 10.1. The number of benzene rings is 2. The highest BCUT2D eigenvalue weighted by atomic mass is 35.5. The van der Waals surface area contributed by atoms with Crippen LogP contribution < -0.4 is 21.1 Å². The van der Waals surface area contributed by atoms with Gasteiger partial charge in [0.1, 0.15) is 18.2 Å². The SMILES string of the molecule is C=C1C=C(Cl)C(C)NC(N)=C1C#Cc1ccc(C(=O)NCc2ccc(OCCN(C)C)cc2)cc1. The highest BCUT2D eigenvalue weighted by Crippen LogP contribution is 2.21. The summed E-state index contributed by atoms with van der Waals surface area (Å²) in [7, 11) is 4.01. The lowest BCUT2D eigenvalue weighted by molar-refractivity contribution is 0.0951. The quantitative estimate of drug-likeness (QED) is 0.515. The number of carbonyl (C=O) groups is 1. The van der Waals surface area contributed by atoms with E-state index in [9.17, 15) is 4.79 Å². The first kappa shape index (κ1) is 26.0. The summed E-state index contributed by atoms with van der Waals surface area (Å²) >= 11 is 6.22. The van der Waals surface area contributed by atoms with Crippen LogP contribution in [0.15, 0.2) is 83.2 Å². The Bertz CT molecular complexity index is 1190. The number of nitrogens with one attached hydrogen (secondary N) is 2. The second kappa shape index (κ2) is 12.2. The molecule has 7 heteroatoms. The van der Waals surface area contributed by atoms with Crippen LogP contribution in [-0.2, 0) is 6.54 Å². The van der Waals surface area contributed by atoms with Gasteiger partial charge in [-0.2, -0.15) is 0 Å². The standard InChI is InChI=1S/C28H31ClN4O2/c1-19-17-26(29)20(2)32-27(30)25(19)14-9-21-5-10-23(11-6-21)28(34)31-18-22-7-12-24(13-8-22)35-16-15-33(3)4/h5-8,10-13,17,20,32H,1,15-16,18,30H2,2-4H3,(H,31,34). The summed E-state index contributed by atoms with van der Waals surface area (Å²) in [6, 6.07) is 14.7. The van der Waals surface area contributed by atoms with E-state index in [-0.39, 0.29) is 11.9 Å². The number of rotatable bonds is 7. The van der Waals surface area contributed by atoms with Crippen molar-refractivity contribution in [3.8, 4) is 17.6 Å². The maximum Gasteiger partial charge on any atom is 0.251 e. The number of carbonyl (C=O) groups excluding carboxylic acids is 1. The number of likely N-dealkylation sites (N-methyl/N-ethyl adjacent to an activating group) is 1. The number of hydrogen-bond acceptors (Lipinski definition) is 5. The molecule has 2 aromatic rings. The van der Waals surface area contributed by atoms with Gasteiger partial charge in [0, 0.05) is 29.2 Å². The maximum absolute atomic E-state index is 12.6. The summed E-state index contributed by atoms with van der Waals surface area (Å²) in [5.74, 6) is 7.23. The molecule has 0 saturated heterocycles. The molecule has 0 fully saturated rings. The van der Waals surface area contributed by atoms with E-state index in [1.165, 1.54) is 0 Å². The third kappa shape index (κ3) is 7.68. The molecule has 1 unspecified atom stereocenters. The van der Waals surface area contributed by atoms with E-state index in [0.29, 0.717) is 40.7 Å². The van der Waals surface area contributed by atoms with E-state index in [0.717, 1.165) is 23.4 Å². The number of nitrogens with two attached hydrogens (primary N) is 1. The van der Waals surface area contributed by atoms with Gasteiger partial charge in [0.05, 0.1) is 11.6 Å². The van der Waals surface area contributed by atoms with Crippen molar-refractivity contribution >= 4 is 17.5 Å². The molecule has 1 aliphatic heterocycles. The second-order valence-electron chi connectivity index (χ2n) is 8.51. The molecule has 0 radical (unpaired) electrons. The molecule has 2 aromatic carbocycles. The van der Waals surface area contributed by atoms with Gasteiger partial charge in [-0.25, -0.2) is 0 Å². The summed E-state index contributed by atoms with van der Waals surface area (Å²) in [5, 5.41) is 6.67. The van der Waals surface area contributed by atoms with Gasteiger partial charge in [-0.05, 0) is 74.6 Å². The van der Waals surface area contributed by atoms with E-state index >= 15 is 0 Å². The second-order valence-corrected chi connectivity index (χ2v) is 8.95. The molecular formula is C28H31ClN4O2. The van der Waals surface area contributed by atoms with E-state index in [4.69, 9.17) is 22.1 Å². The minimum atomic E-state index is -0.155. The molecule has 1 amide bonds. The summed E-state index contributed by atoms with van der Waals surface area (Å²) in [4.78, 5) is 14.6. The molecule has 0 aromatic heterocycles. The first-order valence-electron chi connectivity index (χ1n) is 11.3. The smallest absolute Gasteiger partial charge is 0.251 e. The molecule has 6 nitrogen and oxygen atoms in total. The van der Waals surface area contributed by atoms with Crippen LogP contribution in [0, 0.1) is 11.8 Å². The minimum absolute atomic E-state index is 0.107. The minimum Gasteiger partial charge on any atom is -0.492 e. The van der Waals surface area contributed by atoms with Crippen LogP contribution in [0.3, 0.4) is 0 Å². The van der Waals surface area contributed by atoms with Crippen molar-refractivity contribution in [3.05, 3.63) is 99.9 Å². The molecule has 0 bridgehead atoms. The largest absolute Gasteiger partial charge is 0.492 e. The molecule has 1 aliphatic rings. The average Bonchev–Trinajstić information content (AvgIpc) is 2.92. The zero-order chi connectivity index (χ0) is 25.4. The normalized spacial score (nSPS) is 15.5. The van der Waals surface area contributed by atoms with E-state index in [2.05, 4.69) is 34.0 Å². The fraction of sp³-hybridized carbons (Fsp3) is 0.250. The fourth-order valence-electron chi connectivity index (χ4n) is 3.23. The predicted molar refractivity (Wildman–Crippen MR) is 142 cm³/mol. The predicted octanol–water partition coefficient (Wildman–Crippen LogP) is 3.75. The third-order valence-electron chi connectivity index (χ3n) is 5.35. The first-order valence-corrected chi connectivity index (χ1v) is 11.7. The number of allylic oxidation sites excluding steroid dienone is 3. The Kier molecular flexibility index (Phi) is 9.02. The average molecular weight is 491 g/mol. The molecule has 3 rings (SSSR count). The highest BCUT2D eigenvalue weighted by Gasteiger charge is 2.15.